The molecule has 0 N–H and O–H groups in total. The molecule has 3 heterocycles. The van der Waals surface area contributed by atoms with Crippen LogP contribution in [0.5, 0.6) is 0 Å². The molecular weight excluding hydrogens is 336 g/mol. The molecule has 4 aromatic rings. The molecule has 0 spiro atoms. The van der Waals surface area contributed by atoms with Gasteiger partial charge in [-0.15, -0.1) is 0 Å². The third kappa shape index (κ3) is 3.38. The minimum absolute atomic E-state index is 0.170. The Hall–Kier alpha value is -3.28. The lowest BCUT2D eigenvalue weighted by atomic mass is 10.1. The molecule has 0 aliphatic heterocycles. The SMILES string of the molecule is CCn1ccnc1-c1c(-c2ccccc2)ncn1C(C)Cc1cnccn1. The Kier molecular flexibility index (Phi) is 4.78. The summed E-state index contributed by atoms with van der Waals surface area (Å²) in [5.74, 6) is 0.930. The maximum Gasteiger partial charge on any atom is 0.158 e. The van der Waals surface area contributed by atoms with E-state index in [1.165, 1.54) is 0 Å². The Balaban J connectivity index is 1.81. The summed E-state index contributed by atoms with van der Waals surface area (Å²) in [6.07, 6.45) is 11.8. The monoisotopic (exact) mass is 358 g/mol. The first kappa shape index (κ1) is 17.1. The summed E-state index contributed by atoms with van der Waals surface area (Å²) in [7, 11) is 0. The number of rotatable bonds is 6. The molecule has 0 aliphatic rings. The minimum Gasteiger partial charge on any atom is -0.330 e. The molecule has 1 atom stereocenters. The molecule has 1 unspecified atom stereocenters. The summed E-state index contributed by atoms with van der Waals surface area (Å²) >= 11 is 0. The maximum atomic E-state index is 4.75. The Labute approximate surface area is 158 Å². The lowest BCUT2D eigenvalue weighted by Crippen LogP contribution is -2.12. The van der Waals surface area contributed by atoms with Crippen LogP contribution in [-0.4, -0.2) is 29.1 Å². The number of aromatic nitrogens is 6. The summed E-state index contributed by atoms with van der Waals surface area (Å²) in [6, 6.07) is 10.4. The lowest BCUT2D eigenvalue weighted by Gasteiger charge is -2.17. The third-order valence-electron chi connectivity index (χ3n) is 4.71. The highest BCUT2D eigenvalue weighted by Crippen LogP contribution is 2.33. The van der Waals surface area contributed by atoms with Gasteiger partial charge in [0.05, 0.1) is 17.7 Å². The van der Waals surface area contributed by atoms with Crippen molar-refractivity contribution in [3.05, 3.63) is 73.3 Å². The lowest BCUT2D eigenvalue weighted by molar-refractivity contribution is 0.538. The zero-order valence-corrected chi connectivity index (χ0v) is 15.5. The van der Waals surface area contributed by atoms with E-state index in [-0.39, 0.29) is 6.04 Å². The zero-order chi connectivity index (χ0) is 18.6. The van der Waals surface area contributed by atoms with Crippen molar-refractivity contribution in [1.82, 2.24) is 29.1 Å². The van der Waals surface area contributed by atoms with Gasteiger partial charge in [-0.05, 0) is 13.8 Å². The van der Waals surface area contributed by atoms with Crippen LogP contribution < -0.4 is 0 Å². The van der Waals surface area contributed by atoms with E-state index in [4.69, 9.17) is 4.98 Å². The quantitative estimate of drug-likeness (QED) is 0.522. The maximum absolute atomic E-state index is 4.75. The first-order valence-corrected chi connectivity index (χ1v) is 9.16. The van der Waals surface area contributed by atoms with Gasteiger partial charge in [-0.25, -0.2) is 9.97 Å². The number of hydrogen-bond donors (Lipinski definition) is 0. The summed E-state index contributed by atoms with van der Waals surface area (Å²) in [6.45, 7) is 5.15. The van der Waals surface area contributed by atoms with Crippen LogP contribution in [0.25, 0.3) is 22.8 Å². The van der Waals surface area contributed by atoms with Crippen molar-refractivity contribution in [2.24, 2.45) is 0 Å². The Bertz CT molecular complexity index is 1000. The van der Waals surface area contributed by atoms with Gasteiger partial charge >= 0.3 is 0 Å². The molecule has 6 nitrogen and oxygen atoms in total. The molecule has 0 radical (unpaired) electrons. The second-order valence-corrected chi connectivity index (χ2v) is 6.50. The van der Waals surface area contributed by atoms with Crippen LogP contribution in [0.1, 0.15) is 25.6 Å². The summed E-state index contributed by atoms with van der Waals surface area (Å²) in [4.78, 5) is 18.0. The van der Waals surface area contributed by atoms with Crippen LogP contribution in [0.2, 0.25) is 0 Å². The molecule has 0 aliphatic carbocycles. The van der Waals surface area contributed by atoms with E-state index in [2.05, 4.69) is 50.1 Å². The predicted molar refractivity (Wildman–Crippen MR) is 105 cm³/mol. The van der Waals surface area contributed by atoms with E-state index in [9.17, 15) is 0 Å². The van der Waals surface area contributed by atoms with E-state index in [0.717, 1.165) is 41.4 Å². The number of aryl methyl sites for hydroxylation is 1. The van der Waals surface area contributed by atoms with Crippen molar-refractivity contribution in [2.75, 3.05) is 0 Å². The molecule has 0 bridgehead atoms. The van der Waals surface area contributed by atoms with Gasteiger partial charge in [0.2, 0.25) is 0 Å². The second kappa shape index (κ2) is 7.53. The third-order valence-corrected chi connectivity index (χ3v) is 4.71. The van der Waals surface area contributed by atoms with E-state index in [1.807, 2.05) is 43.1 Å². The number of nitrogens with zero attached hydrogens (tertiary/aromatic N) is 6. The van der Waals surface area contributed by atoms with Crippen molar-refractivity contribution in [3.63, 3.8) is 0 Å². The van der Waals surface area contributed by atoms with Gasteiger partial charge in [-0.2, -0.15) is 0 Å². The number of benzene rings is 1. The highest BCUT2D eigenvalue weighted by molar-refractivity contribution is 5.75. The molecule has 4 rings (SSSR count). The van der Waals surface area contributed by atoms with Crippen LogP contribution in [0, 0.1) is 0 Å². The molecule has 1 aromatic carbocycles. The van der Waals surface area contributed by atoms with E-state index >= 15 is 0 Å². The van der Waals surface area contributed by atoms with Gasteiger partial charge in [0.25, 0.3) is 0 Å². The molecular formula is C21H22N6. The van der Waals surface area contributed by atoms with Crippen LogP contribution in [0.3, 0.4) is 0 Å². The largest absolute Gasteiger partial charge is 0.330 e. The molecule has 0 saturated heterocycles. The van der Waals surface area contributed by atoms with Crippen LogP contribution >= 0.6 is 0 Å². The fraction of sp³-hybridized carbons (Fsp3) is 0.238. The summed E-state index contributed by atoms with van der Waals surface area (Å²) in [5, 5.41) is 0. The van der Waals surface area contributed by atoms with E-state index < -0.39 is 0 Å². The molecule has 0 fully saturated rings. The predicted octanol–water partition coefficient (Wildman–Crippen LogP) is 4.03. The zero-order valence-electron chi connectivity index (χ0n) is 15.5. The van der Waals surface area contributed by atoms with E-state index in [1.54, 1.807) is 12.4 Å². The average molecular weight is 358 g/mol. The van der Waals surface area contributed by atoms with Crippen molar-refractivity contribution in [3.8, 4) is 22.8 Å². The van der Waals surface area contributed by atoms with Crippen molar-refractivity contribution < 1.29 is 0 Å². The fourth-order valence-electron chi connectivity index (χ4n) is 3.34. The molecule has 6 heteroatoms. The highest BCUT2D eigenvalue weighted by Gasteiger charge is 2.22. The standard InChI is InChI=1S/C21H22N6/c1-3-26-12-11-24-21(26)20-19(17-7-5-4-6-8-17)25-15-27(20)16(2)13-18-14-22-9-10-23-18/h4-12,14-16H,3,13H2,1-2H3. The van der Waals surface area contributed by atoms with Gasteiger partial charge in [-0.3, -0.25) is 9.97 Å². The minimum atomic E-state index is 0.170. The molecule has 3 aromatic heterocycles. The number of imidazole rings is 2. The van der Waals surface area contributed by atoms with Gasteiger partial charge < -0.3 is 9.13 Å². The number of hydrogen-bond acceptors (Lipinski definition) is 4. The smallest absolute Gasteiger partial charge is 0.158 e. The summed E-state index contributed by atoms with van der Waals surface area (Å²) < 4.78 is 4.35. The Morgan fingerprint density at radius 3 is 2.59 bits per heavy atom. The van der Waals surface area contributed by atoms with Crippen LogP contribution in [0.15, 0.2) is 67.6 Å². The first-order chi connectivity index (χ1) is 13.3. The fourth-order valence-corrected chi connectivity index (χ4v) is 3.34. The Morgan fingerprint density at radius 2 is 1.85 bits per heavy atom. The molecule has 136 valence electrons. The summed E-state index contributed by atoms with van der Waals surface area (Å²) in [5.41, 5.74) is 4.03. The van der Waals surface area contributed by atoms with Gasteiger partial charge in [0, 0.05) is 55.6 Å². The van der Waals surface area contributed by atoms with Crippen molar-refractivity contribution in [1.29, 1.82) is 0 Å². The highest BCUT2D eigenvalue weighted by atomic mass is 15.1. The van der Waals surface area contributed by atoms with Crippen LogP contribution in [-0.2, 0) is 13.0 Å². The van der Waals surface area contributed by atoms with Crippen molar-refractivity contribution in [2.45, 2.75) is 32.9 Å². The molecule has 0 amide bonds. The second-order valence-electron chi connectivity index (χ2n) is 6.50. The van der Waals surface area contributed by atoms with Crippen molar-refractivity contribution >= 4 is 0 Å². The topological polar surface area (TPSA) is 61.4 Å². The first-order valence-electron chi connectivity index (χ1n) is 9.16. The average Bonchev–Trinajstić information content (AvgIpc) is 3.35. The Morgan fingerprint density at radius 1 is 1.00 bits per heavy atom. The van der Waals surface area contributed by atoms with E-state index in [0.29, 0.717) is 0 Å². The normalized spacial score (nSPS) is 12.2. The van der Waals surface area contributed by atoms with Gasteiger partial charge in [0.1, 0.15) is 5.69 Å². The van der Waals surface area contributed by atoms with Crippen LogP contribution in [0.4, 0.5) is 0 Å². The molecule has 27 heavy (non-hydrogen) atoms. The van der Waals surface area contributed by atoms with Gasteiger partial charge in [-0.1, -0.05) is 30.3 Å². The van der Waals surface area contributed by atoms with Gasteiger partial charge in [0.15, 0.2) is 5.82 Å². The molecule has 0 saturated carbocycles.